The summed E-state index contributed by atoms with van der Waals surface area (Å²) in [7, 11) is 0. The monoisotopic (exact) mass is 1250 g/mol. The Bertz CT molecular complexity index is 2740. The van der Waals surface area contributed by atoms with E-state index in [4.69, 9.17) is 28.0 Å². The number of likely N-dealkylation sites (tertiary alicyclic amines) is 1. The van der Waals surface area contributed by atoms with Crippen LogP contribution in [-0.4, -0.2) is 190 Å². The van der Waals surface area contributed by atoms with Crippen LogP contribution in [0, 0.1) is 11.8 Å². The molecule has 0 aromatic heterocycles. The Kier molecular flexibility index (Phi) is 31.4. The summed E-state index contributed by atoms with van der Waals surface area (Å²) < 4.78 is 0. The van der Waals surface area contributed by atoms with Crippen molar-refractivity contribution in [2.75, 3.05) is 31.7 Å². The topological polar surface area (TPSA) is 473 Å². The van der Waals surface area contributed by atoms with E-state index in [1.54, 1.807) is 64.3 Å². The van der Waals surface area contributed by atoms with Crippen molar-refractivity contribution in [2.45, 2.75) is 166 Å². The second kappa shape index (κ2) is 37.3. The molecule has 1 saturated heterocycles. The summed E-state index contributed by atoms with van der Waals surface area (Å²) in [6, 6.07) is 3.15. The molecular formula is C58H89N15O14S. The fourth-order valence-corrected chi connectivity index (χ4v) is 9.76. The second-order valence-electron chi connectivity index (χ2n) is 22.3. The van der Waals surface area contributed by atoms with E-state index in [1.165, 1.54) is 25.6 Å². The molecule has 0 aliphatic carbocycles. The van der Waals surface area contributed by atoms with Crippen LogP contribution in [0.3, 0.4) is 0 Å². The van der Waals surface area contributed by atoms with E-state index in [1.807, 2.05) is 30.3 Å². The van der Waals surface area contributed by atoms with Crippen LogP contribution >= 0.6 is 11.8 Å². The molecule has 0 spiro atoms. The number of aliphatic hydroxyl groups is 1. The van der Waals surface area contributed by atoms with Crippen LogP contribution in [0.4, 0.5) is 0 Å². The number of thioether (sulfide) groups is 1. The zero-order valence-corrected chi connectivity index (χ0v) is 51.7. The number of nitrogens with one attached hydrogen (secondary N) is 9. The lowest BCUT2D eigenvalue weighted by Crippen LogP contribution is -2.62. The Morgan fingerprint density at radius 3 is 1.66 bits per heavy atom. The Hall–Kier alpha value is -8.38. The molecule has 1 heterocycles. The number of hydrogen-bond donors (Lipinski definition) is 15. The number of carboxylic acids is 1. The normalized spacial score (nSPS) is 16.3. The summed E-state index contributed by atoms with van der Waals surface area (Å²) >= 11 is 1.36. The maximum Gasteiger partial charge on any atom is 0.325 e. The lowest BCUT2D eigenvalue weighted by molar-refractivity contribution is -0.144. The molecule has 11 atom stereocenters. The van der Waals surface area contributed by atoms with Crippen LogP contribution in [0.5, 0.6) is 0 Å². The fraction of sp³-hybridized carbons (Fsp3) is 0.569. The number of nitrogens with two attached hydrogens (primary N) is 4. The van der Waals surface area contributed by atoms with E-state index < -0.39 is 156 Å². The average molecular weight is 1250 g/mol. The summed E-state index contributed by atoms with van der Waals surface area (Å²) in [6.45, 7) is 8.26. The van der Waals surface area contributed by atoms with Gasteiger partial charge in [0.15, 0.2) is 5.96 Å². The molecule has 2 aromatic carbocycles. The number of aliphatic hydroxyl groups excluding tert-OH is 1. The molecule has 0 unspecified atom stereocenters. The molecule has 1 fully saturated rings. The summed E-state index contributed by atoms with van der Waals surface area (Å²) in [6.07, 6.45) is 1.77. The highest BCUT2D eigenvalue weighted by molar-refractivity contribution is 7.98. The number of carbonyl (C=O) groups excluding carboxylic acids is 11. The molecule has 3 rings (SSSR count). The standard InChI is InChI=1S/C58H89N15O14S/c1-31(2)26-40(51(80)71-43(30-74)53(82)70-42(29-45(60)75)56(85)73-24-15-21-44(73)54(83)64-33(5)47(76)65-34(6)57(86)87)69-55(84)46(32(3)4)72-50(79)39(22-25-88-7)67-49(78)38(20-14-23-63-58(61)62)66-52(81)41(28-36-18-12-9-13-19-36)68-48(77)37(59)27-35-16-10-8-11-17-35/h8-13,16-19,31-34,37-44,46,74H,14-15,20-30,59H2,1-7H3,(H2,60,75)(H,64,83)(H,65,76)(H,66,81)(H,67,78)(H,68,77)(H,69,84)(H,70,82)(H,71,80)(H,72,79)(H,86,87)(H4,61,62,63)/t33-,34-,37-,38-,39-,40-,41-,42-,43-,44-,46-/m0/s1. The van der Waals surface area contributed by atoms with Crippen molar-refractivity contribution in [3.8, 4) is 0 Å². The third kappa shape index (κ3) is 25.1. The van der Waals surface area contributed by atoms with Gasteiger partial charge in [-0.2, -0.15) is 11.8 Å². The number of amides is 11. The molecule has 486 valence electrons. The molecular weight excluding hydrogens is 1160 g/mol. The summed E-state index contributed by atoms with van der Waals surface area (Å²) in [5, 5.41) is 42.5. The number of hydrogen-bond acceptors (Lipinski definition) is 16. The number of carbonyl (C=O) groups is 12. The molecule has 19 N–H and O–H groups in total. The van der Waals surface area contributed by atoms with Crippen molar-refractivity contribution in [3.05, 3.63) is 71.8 Å². The Labute approximate surface area is 516 Å². The summed E-state index contributed by atoms with van der Waals surface area (Å²) in [5.74, 6) is -11.5. The van der Waals surface area contributed by atoms with Gasteiger partial charge in [0.1, 0.15) is 60.4 Å². The lowest BCUT2D eigenvalue weighted by Gasteiger charge is -2.30. The molecule has 2 aromatic rings. The van der Waals surface area contributed by atoms with Crippen molar-refractivity contribution >= 4 is 88.7 Å². The first-order valence-corrected chi connectivity index (χ1v) is 30.5. The van der Waals surface area contributed by atoms with E-state index in [0.717, 1.165) is 10.5 Å². The quantitative estimate of drug-likeness (QED) is 0.0179. The second-order valence-corrected chi connectivity index (χ2v) is 23.3. The first-order valence-electron chi connectivity index (χ1n) is 29.1. The van der Waals surface area contributed by atoms with E-state index in [9.17, 15) is 62.6 Å². The van der Waals surface area contributed by atoms with Gasteiger partial charge < -0.3 is 85.9 Å². The van der Waals surface area contributed by atoms with Gasteiger partial charge in [-0.3, -0.25) is 62.5 Å². The number of primary amides is 1. The van der Waals surface area contributed by atoms with Gasteiger partial charge in [0.2, 0.25) is 65.0 Å². The predicted octanol–water partition coefficient (Wildman–Crippen LogP) is -3.35. The number of nitrogens with zero attached hydrogens (tertiary/aromatic N) is 2. The van der Waals surface area contributed by atoms with E-state index >= 15 is 0 Å². The highest BCUT2D eigenvalue weighted by Gasteiger charge is 2.41. The van der Waals surface area contributed by atoms with Crippen molar-refractivity contribution in [1.29, 1.82) is 0 Å². The third-order valence-electron chi connectivity index (χ3n) is 14.1. The van der Waals surface area contributed by atoms with E-state index in [0.29, 0.717) is 17.7 Å². The van der Waals surface area contributed by atoms with Crippen LogP contribution in [0.15, 0.2) is 65.7 Å². The van der Waals surface area contributed by atoms with Gasteiger partial charge in [0, 0.05) is 19.5 Å². The molecule has 29 nitrogen and oxygen atoms in total. The van der Waals surface area contributed by atoms with Gasteiger partial charge >= 0.3 is 5.97 Å². The zero-order chi connectivity index (χ0) is 65.8. The molecule has 88 heavy (non-hydrogen) atoms. The molecule has 11 amide bonds. The zero-order valence-electron chi connectivity index (χ0n) is 50.9. The number of benzene rings is 2. The van der Waals surface area contributed by atoms with E-state index in [-0.39, 0.29) is 69.9 Å². The van der Waals surface area contributed by atoms with Crippen molar-refractivity contribution in [1.82, 2.24) is 52.8 Å². The van der Waals surface area contributed by atoms with Crippen molar-refractivity contribution < 1.29 is 67.7 Å². The molecule has 0 radical (unpaired) electrons. The number of carboxylic acid groups (broad SMARTS) is 1. The highest BCUT2D eigenvalue weighted by Crippen LogP contribution is 2.20. The Balaban J connectivity index is 1.82. The predicted molar refractivity (Wildman–Crippen MR) is 327 cm³/mol. The van der Waals surface area contributed by atoms with Crippen molar-refractivity contribution in [3.63, 3.8) is 0 Å². The molecule has 1 aliphatic heterocycles. The van der Waals surface area contributed by atoms with Crippen molar-refractivity contribution in [2.24, 2.45) is 39.8 Å². The molecule has 1 aliphatic rings. The maximum atomic E-state index is 14.4. The number of guanidine groups is 1. The van der Waals surface area contributed by atoms with Crippen LogP contribution in [0.25, 0.3) is 0 Å². The van der Waals surface area contributed by atoms with Crippen LogP contribution in [0.1, 0.15) is 97.6 Å². The number of rotatable bonds is 37. The Morgan fingerprint density at radius 1 is 0.602 bits per heavy atom. The van der Waals surface area contributed by atoms with Crippen LogP contribution < -0.4 is 70.8 Å². The first-order chi connectivity index (χ1) is 41.6. The largest absolute Gasteiger partial charge is 0.480 e. The minimum Gasteiger partial charge on any atom is -0.480 e. The minimum atomic E-state index is -1.79. The number of aliphatic carboxylic acids is 1. The maximum absolute atomic E-state index is 14.4. The van der Waals surface area contributed by atoms with Crippen LogP contribution in [-0.2, 0) is 70.4 Å². The summed E-state index contributed by atoms with van der Waals surface area (Å²) in [4.78, 5) is 167. The molecule has 30 heteroatoms. The smallest absolute Gasteiger partial charge is 0.325 e. The van der Waals surface area contributed by atoms with Gasteiger partial charge in [-0.15, -0.1) is 0 Å². The lowest BCUT2D eigenvalue weighted by atomic mass is 9.99. The SMILES string of the molecule is CSCC[C@H](NC(=O)[C@H](CCCN=C(N)N)NC(=O)[C@H](Cc1ccccc1)NC(=O)[C@@H](N)Cc1ccccc1)C(=O)N[C@H](C(=O)N[C@@H](CC(C)C)C(=O)N[C@@H](CO)C(=O)N[C@@H](CC(N)=O)C(=O)N1CCC[C@H]1C(=O)N[C@@H](C)C(=O)N[C@@H](C)C(=O)O)C(C)C. The van der Waals surface area contributed by atoms with E-state index in [2.05, 4.69) is 52.8 Å². The van der Waals surface area contributed by atoms with Crippen LogP contribution in [0.2, 0.25) is 0 Å². The Morgan fingerprint density at radius 2 is 1.11 bits per heavy atom. The van der Waals surface area contributed by atoms with Gasteiger partial charge in [-0.1, -0.05) is 88.4 Å². The van der Waals surface area contributed by atoms with Gasteiger partial charge in [0.05, 0.1) is 19.1 Å². The fourth-order valence-electron chi connectivity index (χ4n) is 9.29. The minimum absolute atomic E-state index is 0.0182. The average Bonchev–Trinajstić information content (AvgIpc) is 4.01. The number of aliphatic imine (C=N–C) groups is 1. The van der Waals surface area contributed by atoms with Gasteiger partial charge in [-0.05, 0) is 93.8 Å². The van der Waals surface area contributed by atoms with Gasteiger partial charge in [0.25, 0.3) is 0 Å². The highest BCUT2D eigenvalue weighted by atomic mass is 32.2. The van der Waals surface area contributed by atoms with Gasteiger partial charge in [-0.25, -0.2) is 0 Å². The molecule has 0 saturated carbocycles. The molecule has 0 bridgehead atoms. The summed E-state index contributed by atoms with van der Waals surface area (Å²) in [5.41, 5.74) is 24.4. The third-order valence-corrected chi connectivity index (χ3v) is 14.8. The first kappa shape index (κ1) is 73.9.